The van der Waals surface area contributed by atoms with Crippen molar-refractivity contribution in [1.82, 2.24) is 0 Å². The number of halogens is 2. The minimum absolute atomic E-state index is 0.0773. The van der Waals surface area contributed by atoms with Gasteiger partial charge >= 0.3 is 5.97 Å². The standard InChI is InChI=1S/C17H20Cl2O4/c18-11-5-15(19)14(16(6-11)22-9-10-1-2-10)4-3-13-7-12(20)8-17(21)23-13/h5-6,10,12-13,20H,1-4,7-9H2. The predicted octanol–water partition coefficient (Wildman–Crippen LogP) is 3.78. The zero-order chi connectivity index (χ0) is 16.4. The van der Waals surface area contributed by atoms with Crippen LogP contribution in [0.5, 0.6) is 5.75 Å². The van der Waals surface area contributed by atoms with Gasteiger partial charge in [0.25, 0.3) is 0 Å². The van der Waals surface area contributed by atoms with E-state index in [1.54, 1.807) is 12.1 Å². The van der Waals surface area contributed by atoms with Crippen LogP contribution in [0, 0.1) is 5.92 Å². The lowest BCUT2D eigenvalue weighted by Crippen LogP contribution is -2.32. The lowest BCUT2D eigenvalue weighted by atomic mass is 9.99. The van der Waals surface area contributed by atoms with E-state index < -0.39 is 6.10 Å². The van der Waals surface area contributed by atoms with Crippen molar-refractivity contribution in [2.24, 2.45) is 5.92 Å². The number of aliphatic hydroxyl groups excluding tert-OH is 1. The summed E-state index contributed by atoms with van der Waals surface area (Å²) in [5, 5.41) is 10.8. The Kier molecular flexibility index (Phi) is 5.34. The molecule has 23 heavy (non-hydrogen) atoms. The van der Waals surface area contributed by atoms with Crippen LogP contribution in [0.3, 0.4) is 0 Å². The quantitative estimate of drug-likeness (QED) is 0.786. The summed E-state index contributed by atoms with van der Waals surface area (Å²) in [5.41, 5.74) is 0.882. The number of hydrogen-bond acceptors (Lipinski definition) is 4. The van der Waals surface area contributed by atoms with Crippen LogP contribution in [0.15, 0.2) is 12.1 Å². The van der Waals surface area contributed by atoms with Crippen molar-refractivity contribution in [2.75, 3.05) is 6.61 Å². The summed E-state index contributed by atoms with van der Waals surface area (Å²) >= 11 is 12.4. The molecular weight excluding hydrogens is 339 g/mol. The van der Waals surface area contributed by atoms with Gasteiger partial charge in [-0.2, -0.15) is 0 Å². The maximum absolute atomic E-state index is 11.4. The Labute approximate surface area is 145 Å². The molecule has 126 valence electrons. The fourth-order valence-corrected chi connectivity index (χ4v) is 3.36. The molecule has 1 saturated heterocycles. The largest absolute Gasteiger partial charge is 0.493 e. The lowest BCUT2D eigenvalue weighted by Gasteiger charge is -2.26. The second-order valence-corrected chi connectivity index (χ2v) is 7.21. The van der Waals surface area contributed by atoms with Gasteiger partial charge in [0.2, 0.25) is 0 Å². The van der Waals surface area contributed by atoms with Gasteiger partial charge in [0.05, 0.1) is 19.1 Å². The number of benzene rings is 1. The summed E-state index contributed by atoms with van der Waals surface area (Å²) in [5.74, 6) is 0.994. The fraction of sp³-hybridized carbons (Fsp3) is 0.588. The van der Waals surface area contributed by atoms with Crippen molar-refractivity contribution in [2.45, 2.75) is 50.7 Å². The average Bonchev–Trinajstić information content (AvgIpc) is 3.27. The normalized spacial score (nSPS) is 24.4. The molecule has 0 amide bonds. The molecule has 2 atom stereocenters. The smallest absolute Gasteiger partial charge is 0.308 e. The van der Waals surface area contributed by atoms with Crippen molar-refractivity contribution in [3.05, 3.63) is 27.7 Å². The van der Waals surface area contributed by atoms with E-state index >= 15 is 0 Å². The molecule has 0 radical (unpaired) electrons. The van der Waals surface area contributed by atoms with Crippen LogP contribution in [0.1, 0.15) is 37.7 Å². The van der Waals surface area contributed by atoms with E-state index in [9.17, 15) is 9.90 Å². The summed E-state index contributed by atoms with van der Waals surface area (Å²) in [6.07, 6.45) is 3.27. The highest BCUT2D eigenvalue weighted by atomic mass is 35.5. The highest BCUT2D eigenvalue weighted by Gasteiger charge is 2.28. The van der Waals surface area contributed by atoms with Crippen LogP contribution in [0.2, 0.25) is 10.0 Å². The molecular formula is C17H20Cl2O4. The molecule has 1 aliphatic heterocycles. The Bertz CT molecular complexity index is 586. The van der Waals surface area contributed by atoms with E-state index in [0.717, 1.165) is 5.56 Å². The number of carbonyl (C=O) groups is 1. The van der Waals surface area contributed by atoms with E-state index in [2.05, 4.69) is 0 Å². The van der Waals surface area contributed by atoms with Crippen LogP contribution in [0.4, 0.5) is 0 Å². The molecule has 1 heterocycles. The molecule has 0 aromatic heterocycles. The zero-order valence-corrected chi connectivity index (χ0v) is 14.3. The van der Waals surface area contributed by atoms with Gasteiger partial charge in [-0.3, -0.25) is 4.79 Å². The molecule has 2 unspecified atom stereocenters. The maximum Gasteiger partial charge on any atom is 0.308 e. The first-order valence-corrected chi connectivity index (χ1v) is 8.75. The van der Waals surface area contributed by atoms with E-state index in [0.29, 0.717) is 47.6 Å². The van der Waals surface area contributed by atoms with E-state index in [4.69, 9.17) is 32.7 Å². The third kappa shape index (κ3) is 4.75. The number of hydrogen-bond donors (Lipinski definition) is 1. The second kappa shape index (κ2) is 7.29. The molecule has 4 nitrogen and oxygen atoms in total. The first-order chi connectivity index (χ1) is 11.0. The van der Waals surface area contributed by atoms with Crippen molar-refractivity contribution in [3.8, 4) is 5.75 Å². The molecule has 1 aliphatic carbocycles. The third-order valence-electron chi connectivity index (χ3n) is 4.24. The second-order valence-electron chi connectivity index (χ2n) is 6.36. The third-order valence-corrected chi connectivity index (χ3v) is 4.80. The van der Waals surface area contributed by atoms with Gasteiger partial charge < -0.3 is 14.6 Å². The van der Waals surface area contributed by atoms with Crippen LogP contribution in [-0.2, 0) is 16.0 Å². The number of rotatable bonds is 6. The summed E-state index contributed by atoms with van der Waals surface area (Å²) in [6, 6.07) is 3.48. The van der Waals surface area contributed by atoms with Crippen LogP contribution in [-0.4, -0.2) is 29.9 Å². The Hall–Kier alpha value is -0.970. The molecule has 2 aliphatic rings. The highest BCUT2D eigenvalue weighted by Crippen LogP contribution is 2.35. The van der Waals surface area contributed by atoms with Crippen molar-refractivity contribution < 1.29 is 19.4 Å². The molecule has 6 heteroatoms. The van der Waals surface area contributed by atoms with Crippen LogP contribution >= 0.6 is 23.2 Å². The van der Waals surface area contributed by atoms with Gasteiger partial charge in [-0.05, 0) is 43.7 Å². The molecule has 2 fully saturated rings. The summed E-state index contributed by atoms with van der Waals surface area (Å²) in [6.45, 7) is 0.681. The predicted molar refractivity (Wildman–Crippen MR) is 88.1 cm³/mol. The minimum atomic E-state index is -0.618. The maximum atomic E-state index is 11.4. The number of carbonyl (C=O) groups excluding carboxylic acids is 1. The molecule has 0 spiro atoms. The molecule has 3 rings (SSSR count). The monoisotopic (exact) mass is 358 g/mol. The van der Waals surface area contributed by atoms with Crippen LogP contribution in [0.25, 0.3) is 0 Å². The first kappa shape index (κ1) is 16.9. The molecule has 1 aromatic carbocycles. The minimum Gasteiger partial charge on any atom is -0.493 e. The van der Waals surface area contributed by atoms with Crippen molar-refractivity contribution in [1.29, 1.82) is 0 Å². The van der Waals surface area contributed by atoms with Gasteiger partial charge in [-0.1, -0.05) is 23.2 Å². The topological polar surface area (TPSA) is 55.8 Å². The van der Waals surface area contributed by atoms with Gasteiger partial charge in [-0.15, -0.1) is 0 Å². The average molecular weight is 359 g/mol. The van der Waals surface area contributed by atoms with E-state index in [-0.39, 0.29) is 18.5 Å². The van der Waals surface area contributed by atoms with Crippen LogP contribution < -0.4 is 4.74 Å². The fourth-order valence-electron chi connectivity index (χ4n) is 2.79. The number of cyclic esters (lactones) is 1. The van der Waals surface area contributed by atoms with Crippen molar-refractivity contribution in [3.63, 3.8) is 0 Å². The number of aliphatic hydroxyl groups is 1. The lowest BCUT2D eigenvalue weighted by molar-refractivity contribution is -0.160. The number of esters is 1. The zero-order valence-electron chi connectivity index (χ0n) is 12.8. The van der Waals surface area contributed by atoms with E-state index in [1.807, 2.05) is 0 Å². The molecule has 1 aromatic rings. The van der Waals surface area contributed by atoms with Gasteiger partial charge in [0.15, 0.2) is 0 Å². The Morgan fingerprint density at radius 1 is 1.30 bits per heavy atom. The van der Waals surface area contributed by atoms with E-state index in [1.165, 1.54) is 12.8 Å². The van der Waals surface area contributed by atoms with Gasteiger partial charge in [0.1, 0.15) is 11.9 Å². The summed E-state index contributed by atoms with van der Waals surface area (Å²) in [7, 11) is 0. The summed E-state index contributed by atoms with van der Waals surface area (Å²) in [4.78, 5) is 11.4. The summed E-state index contributed by atoms with van der Waals surface area (Å²) < 4.78 is 11.2. The Balaban J connectivity index is 1.66. The Morgan fingerprint density at radius 3 is 2.78 bits per heavy atom. The molecule has 1 saturated carbocycles. The molecule has 1 N–H and O–H groups in total. The van der Waals surface area contributed by atoms with Gasteiger partial charge in [0, 0.05) is 22.0 Å². The first-order valence-electron chi connectivity index (χ1n) is 7.99. The Morgan fingerprint density at radius 2 is 2.09 bits per heavy atom. The molecule has 0 bridgehead atoms. The highest BCUT2D eigenvalue weighted by molar-refractivity contribution is 6.35. The number of ether oxygens (including phenoxy) is 2. The van der Waals surface area contributed by atoms with Gasteiger partial charge in [-0.25, -0.2) is 0 Å². The SMILES string of the molecule is O=C1CC(O)CC(CCc2c(Cl)cc(Cl)cc2OCC2CC2)O1. The van der Waals surface area contributed by atoms with Crippen molar-refractivity contribution >= 4 is 29.2 Å².